The van der Waals surface area contributed by atoms with E-state index >= 15 is 0 Å². The topological polar surface area (TPSA) is 35.5 Å². The van der Waals surface area contributed by atoms with Crippen LogP contribution < -0.4 is 4.74 Å². The number of carbonyl (C=O) groups excluding carboxylic acids is 1. The summed E-state index contributed by atoms with van der Waals surface area (Å²) >= 11 is 0. The molecule has 1 atom stereocenters. The Kier molecular flexibility index (Phi) is 3.09. The van der Waals surface area contributed by atoms with Gasteiger partial charge in [-0.25, -0.2) is 4.79 Å². The lowest BCUT2D eigenvalue weighted by Crippen LogP contribution is -2.32. The fourth-order valence-electron chi connectivity index (χ4n) is 2.35. The van der Waals surface area contributed by atoms with Crippen molar-refractivity contribution in [3.8, 4) is 5.75 Å². The molecule has 0 amide bonds. The molecule has 3 heteroatoms. The van der Waals surface area contributed by atoms with Gasteiger partial charge in [-0.05, 0) is 55.9 Å². The van der Waals surface area contributed by atoms with E-state index in [4.69, 9.17) is 9.47 Å². The Hall–Kier alpha value is -1.51. The van der Waals surface area contributed by atoms with E-state index < -0.39 is 6.10 Å². The Balaban J connectivity index is 2.40. The van der Waals surface area contributed by atoms with Gasteiger partial charge in [0, 0.05) is 0 Å². The first-order chi connectivity index (χ1) is 8.04. The highest BCUT2D eigenvalue weighted by Crippen LogP contribution is 2.35. The zero-order chi connectivity index (χ0) is 12.6. The zero-order valence-electron chi connectivity index (χ0n) is 10.8. The normalized spacial score (nSPS) is 18.2. The molecule has 0 saturated carbocycles. The minimum absolute atomic E-state index is 0.283. The maximum atomic E-state index is 11.5. The minimum atomic E-state index is -0.451. The number of rotatable bonds is 1. The molecule has 0 saturated heterocycles. The molecule has 0 fully saturated rings. The fourth-order valence-corrected chi connectivity index (χ4v) is 2.35. The maximum Gasteiger partial charge on any atom is 0.347 e. The van der Waals surface area contributed by atoms with Crippen LogP contribution in [0.5, 0.6) is 5.75 Å². The van der Waals surface area contributed by atoms with Crippen LogP contribution >= 0.6 is 0 Å². The average Bonchev–Trinajstić information content (AvgIpc) is 2.34. The van der Waals surface area contributed by atoms with Gasteiger partial charge in [0.05, 0.1) is 7.11 Å². The van der Waals surface area contributed by atoms with Gasteiger partial charge in [0.25, 0.3) is 0 Å². The lowest BCUT2D eigenvalue weighted by Gasteiger charge is -2.27. The third-order valence-electron chi connectivity index (χ3n) is 3.50. The summed E-state index contributed by atoms with van der Waals surface area (Å²) in [5, 5.41) is 0. The van der Waals surface area contributed by atoms with Crippen molar-refractivity contribution < 1.29 is 14.3 Å². The quantitative estimate of drug-likeness (QED) is 0.700. The van der Waals surface area contributed by atoms with Gasteiger partial charge >= 0.3 is 5.97 Å². The average molecular weight is 234 g/mol. The summed E-state index contributed by atoms with van der Waals surface area (Å²) in [5.74, 6) is 0.596. The van der Waals surface area contributed by atoms with Gasteiger partial charge in [-0.15, -0.1) is 0 Å². The van der Waals surface area contributed by atoms with E-state index in [1.807, 2.05) is 6.92 Å². The first-order valence-corrected chi connectivity index (χ1v) is 5.88. The van der Waals surface area contributed by atoms with Gasteiger partial charge in [0.2, 0.25) is 0 Å². The summed E-state index contributed by atoms with van der Waals surface area (Å²) in [7, 11) is 1.40. The number of aryl methyl sites for hydroxylation is 2. The molecule has 17 heavy (non-hydrogen) atoms. The van der Waals surface area contributed by atoms with Crippen LogP contribution in [0.15, 0.2) is 6.07 Å². The second-order valence-corrected chi connectivity index (χ2v) is 4.61. The second-order valence-electron chi connectivity index (χ2n) is 4.61. The summed E-state index contributed by atoms with van der Waals surface area (Å²) in [4.78, 5) is 11.5. The van der Waals surface area contributed by atoms with Crippen LogP contribution in [0, 0.1) is 20.8 Å². The Morgan fingerprint density at radius 2 is 2.06 bits per heavy atom. The molecule has 1 unspecified atom stereocenters. The summed E-state index contributed by atoms with van der Waals surface area (Å²) in [6.45, 7) is 6.19. The third-order valence-corrected chi connectivity index (χ3v) is 3.50. The molecule has 0 aliphatic carbocycles. The largest absolute Gasteiger partial charge is 0.478 e. The fraction of sp³-hybridized carbons (Fsp3) is 0.500. The van der Waals surface area contributed by atoms with Crippen LogP contribution in [0.25, 0.3) is 0 Å². The van der Waals surface area contributed by atoms with Crippen molar-refractivity contribution in [3.63, 3.8) is 0 Å². The Morgan fingerprint density at radius 3 is 2.71 bits per heavy atom. The molecule has 0 aromatic heterocycles. The van der Waals surface area contributed by atoms with Crippen LogP contribution in [0.2, 0.25) is 0 Å². The molecule has 0 spiro atoms. The van der Waals surface area contributed by atoms with E-state index in [2.05, 4.69) is 19.9 Å². The molecule has 1 aliphatic rings. The number of hydrogen-bond donors (Lipinski definition) is 0. The summed E-state index contributed by atoms with van der Waals surface area (Å²) in [6.07, 6.45) is 1.12. The minimum Gasteiger partial charge on any atom is -0.478 e. The standard InChI is InChI=1S/C14H18O3/c1-8-7-9(2)11-5-6-12(14(15)16-4)17-13(11)10(8)3/h7,12H,5-6H2,1-4H3. The monoisotopic (exact) mass is 234 g/mol. The van der Waals surface area contributed by atoms with E-state index in [1.165, 1.54) is 23.8 Å². The SMILES string of the molecule is COC(=O)C1CCc2c(C)cc(C)c(C)c2O1. The Labute approximate surface area is 102 Å². The molecule has 1 aliphatic heterocycles. The number of esters is 1. The van der Waals surface area contributed by atoms with Crippen molar-refractivity contribution in [2.24, 2.45) is 0 Å². The third kappa shape index (κ3) is 2.02. The molecule has 1 aromatic rings. The molecule has 2 rings (SSSR count). The van der Waals surface area contributed by atoms with Crippen molar-refractivity contribution in [2.45, 2.75) is 39.7 Å². The first kappa shape index (κ1) is 12.0. The lowest BCUT2D eigenvalue weighted by atomic mass is 9.93. The molecule has 0 radical (unpaired) electrons. The van der Waals surface area contributed by atoms with Gasteiger partial charge in [-0.2, -0.15) is 0 Å². The highest BCUT2D eigenvalue weighted by atomic mass is 16.6. The number of benzene rings is 1. The van der Waals surface area contributed by atoms with E-state index in [1.54, 1.807) is 0 Å². The highest BCUT2D eigenvalue weighted by molar-refractivity contribution is 5.75. The number of ether oxygens (including phenoxy) is 2. The van der Waals surface area contributed by atoms with Crippen LogP contribution in [0.4, 0.5) is 0 Å². The van der Waals surface area contributed by atoms with Gasteiger partial charge in [0.1, 0.15) is 5.75 Å². The van der Waals surface area contributed by atoms with Crippen LogP contribution in [-0.4, -0.2) is 19.2 Å². The van der Waals surface area contributed by atoms with Gasteiger partial charge < -0.3 is 9.47 Å². The van der Waals surface area contributed by atoms with Gasteiger partial charge in [-0.3, -0.25) is 0 Å². The van der Waals surface area contributed by atoms with Crippen molar-refractivity contribution in [1.82, 2.24) is 0 Å². The molecular weight excluding hydrogens is 216 g/mol. The van der Waals surface area contributed by atoms with Gasteiger partial charge in [-0.1, -0.05) is 6.07 Å². The second kappa shape index (κ2) is 4.40. The maximum absolute atomic E-state index is 11.5. The lowest BCUT2D eigenvalue weighted by molar-refractivity contribution is -0.149. The number of carbonyl (C=O) groups is 1. The molecule has 92 valence electrons. The molecule has 0 N–H and O–H groups in total. The number of methoxy groups -OCH3 is 1. The molecule has 0 bridgehead atoms. The number of hydrogen-bond acceptors (Lipinski definition) is 3. The predicted octanol–water partition coefficient (Wildman–Crippen LogP) is 2.48. The molecule has 1 heterocycles. The Bertz CT molecular complexity index is 463. The van der Waals surface area contributed by atoms with Crippen molar-refractivity contribution in [3.05, 3.63) is 28.3 Å². The van der Waals surface area contributed by atoms with Crippen LogP contribution in [0.1, 0.15) is 28.7 Å². The van der Waals surface area contributed by atoms with E-state index in [-0.39, 0.29) is 5.97 Å². The van der Waals surface area contributed by atoms with Crippen molar-refractivity contribution >= 4 is 5.97 Å². The molecule has 1 aromatic carbocycles. The van der Waals surface area contributed by atoms with Crippen molar-refractivity contribution in [1.29, 1.82) is 0 Å². The summed E-state index contributed by atoms with van der Waals surface area (Å²) in [5.41, 5.74) is 4.80. The van der Waals surface area contributed by atoms with Crippen LogP contribution in [-0.2, 0) is 16.0 Å². The zero-order valence-corrected chi connectivity index (χ0v) is 10.8. The Morgan fingerprint density at radius 1 is 1.35 bits per heavy atom. The highest BCUT2D eigenvalue weighted by Gasteiger charge is 2.29. The van der Waals surface area contributed by atoms with Crippen LogP contribution in [0.3, 0.4) is 0 Å². The van der Waals surface area contributed by atoms with E-state index in [0.29, 0.717) is 6.42 Å². The van der Waals surface area contributed by atoms with Crippen molar-refractivity contribution in [2.75, 3.05) is 7.11 Å². The smallest absolute Gasteiger partial charge is 0.347 e. The first-order valence-electron chi connectivity index (χ1n) is 5.88. The van der Waals surface area contributed by atoms with E-state index in [9.17, 15) is 4.79 Å². The molecular formula is C14H18O3. The number of fused-ring (bicyclic) bond motifs is 1. The predicted molar refractivity (Wildman–Crippen MR) is 65.4 cm³/mol. The summed E-state index contributed by atoms with van der Waals surface area (Å²) in [6, 6.07) is 2.18. The van der Waals surface area contributed by atoms with E-state index in [0.717, 1.165) is 17.7 Å². The van der Waals surface area contributed by atoms with Gasteiger partial charge in [0.15, 0.2) is 6.10 Å². The molecule has 3 nitrogen and oxygen atoms in total. The summed E-state index contributed by atoms with van der Waals surface area (Å²) < 4.78 is 10.5.